The van der Waals surface area contributed by atoms with Gasteiger partial charge >= 0.3 is 0 Å². The smallest absolute Gasteiger partial charge is 0.0624 e. The van der Waals surface area contributed by atoms with E-state index in [2.05, 4.69) is 76.6 Å². The molecule has 0 bridgehead atoms. The fourth-order valence-electron chi connectivity index (χ4n) is 2.49. The Labute approximate surface area is 131 Å². The van der Waals surface area contributed by atoms with E-state index in [1.807, 2.05) is 0 Å². The van der Waals surface area contributed by atoms with Gasteiger partial charge in [0.1, 0.15) is 0 Å². The van der Waals surface area contributed by atoms with Crippen LogP contribution in [0.4, 0.5) is 0 Å². The van der Waals surface area contributed by atoms with Crippen molar-refractivity contribution in [2.45, 2.75) is 80.3 Å². The first-order valence-corrected chi connectivity index (χ1v) is 8.37. The Kier molecular flexibility index (Phi) is 6.03. The largest absolute Gasteiger partial charge is 0.312 e. The molecule has 0 saturated carbocycles. The molecule has 1 aromatic rings. The van der Waals surface area contributed by atoms with Crippen molar-refractivity contribution in [2.24, 2.45) is 11.3 Å². The van der Waals surface area contributed by atoms with Gasteiger partial charge < -0.3 is 5.32 Å². The number of nitrogens with one attached hydrogen (secondary N) is 1. The van der Waals surface area contributed by atoms with Crippen molar-refractivity contribution in [3.63, 3.8) is 0 Å². The molecule has 122 valence electrons. The van der Waals surface area contributed by atoms with Crippen LogP contribution in [0.3, 0.4) is 0 Å². The van der Waals surface area contributed by atoms with E-state index >= 15 is 0 Å². The summed E-state index contributed by atoms with van der Waals surface area (Å²) in [6.07, 6.45) is 2.11. The summed E-state index contributed by atoms with van der Waals surface area (Å²) in [6, 6.07) is 2.29. The van der Waals surface area contributed by atoms with Crippen molar-refractivity contribution in [1.29, 1.82) is 0 Å². The Morgan fingerprint density at radius 3 is 2.19 bits per heavy atom. The van der Waals surface area contributed by atoms with Crippen LogP contribution < -0.4 is 5.32 Å². The highest BCUT2D eigenvalue weighted by Gasteiger charge is 2.27. The van der Waals surface area contributed by atoms with Crippen molar-refractivity contribution in [3.8, 4) is 0 Å². The van der Waals surface area contributed by atoms with Crippen molar-refractivity contribution < 1.29 is 0 Å². The predicted octanol–water partition coefficient (Wildman–Crippen LogP) is 4.06. The summed E-state index contributed by atoms with van der Waals surface area (Å²) in [7, 11) is 0. The highest BCUT2D eigenvalue weighted by Crippen LogP contribution is 2.29. The Hall–Kier alpha value is -0.830. The van der Waals surface area contributed by atoms with E-state index in [1.54, 1.807) is 0 Å². The van der Waals surface area contributed by atoms with Gasteiger partial charge in [-0.1, -0.05) is 27.7 Å². The van der Waals surface area contributed by atoms with Crippen LogP contribution in [0.25, 0.3) is 0 Å². The molecule has 3 nitrogen and oxygen atoms in total. The van der Waals surface area contributed by atoms with Gasteiger partial charge in [-0.2, -0.15) is 5.10 Å². The standard InChI is InChI=1S/C18H35N3/c1-9-15-12-16(21(10-2)20-15)11-14(17(3,4)5)13-19-18(6,7)8/h12,14,19H,9-11,13H2,1-8H3. The maximum absolute atomic E-state index is 4.69. The zero-order valence-electron chi connectivity index (χ0n) is 15.4. The number of nitrogens with zero attached hydrogens (tertiary/aromatic N) is 2. The van der Waals surface area contributed by atoms with Crippen LogP contribution in [0.5, 0.6) is 0 Å². The predicted molar refractivity (Wildman–Crippen MR) is 91.7 cm³/mol. The third-order valence-electron chi connectivity index (χ3n) is 4.13. The summed E-state index contributed by atoms with van der Waals surface area (Å²) >= 11 is 0. The molecule has 0 aliphatic carbocycles. The average molecular weight is 293 g/mol. The van der Waals surface area contributed by atoms with Crippen LogP contribution in [0.15, 0.2) is 6.07 Å². The third kappa shape index (κ3) is 5.82. The molecular formula is C18H35N3. The van der Waals surface area contributed by atoms with E-state index in [1.165, 1.54) is 11.4 Å². The topological polar surface area (TPSA) is 29.9 Å². The monoisotopic (exact) mass is 293 g/mol. The summed E-state index contributed by atoms with van der Waals surface area (Å²) in [5.41, 5.74) is 3.05. The minimum atomic E-state index is 0.170. The first-order chi connectivity index (χ1) is 9.56. The molecular weight excluding hydrogens is 258 g/mol. The minimum Gasteiger partial charge on any atom is -0.312 e. The van der Waals surface area contributed by atoms with Crippen LogP contribution in [0, 0.1) is 11.3 Å². The second kappa shape index (κ2) is 6.95. The van der Waals surface area contributed by atoms with E-state index in [0.717, 1.165) is 25.9 Å². The molecule has 1 rings (SSSR count). The zero-order valence-corrected chi connectivity index (χ0v) is 15.4. The highest BCUT2D eigenvalue weighted by molar-refractivity contribution is 5.12. The Bertz CT molecular complexity index is 432. The number of rotatable bonds is 6. The molecule has 0 amide bonds. The lowest BCUT2D eigenvalue weighted by molar-refractivity contribution is 0.211. The van der Waals surface area contributed by atoms with Gasteiger partial charge in [-0.3, -0.25) is 4.68 Å². The van der Waals surface area contributed by atoms with Crippen LogP contribution in [0.2, 0.25) is 0 Å². The van der Waals surface area contributed by atoms with E-state index in [9.17, 15) is 0 Å². The van der Waals surface area contributed by atoms with Gasteiger partial charge in [0.25, 0.3) is 0 Å². The Morgan fingerprint density at radius 2 is 1.76 bits per heavy atom. The molecule has 0 aliphatic heterocycles. The van der Waals surface area contributed by atoms with E-state index < -0.39 is 0 Å². The Balaban J connectivity index is 2.88. The molecule has 1 heterocycles. The van der Waals surface area contributed by atoms with E-state index in [-0.39, 0.29) is 11.0 Å². The normalized spacial score (nSPS) is 14.5. The summed E-state index contributed by atoms with van der Waals surface area (Å²) in [5.74, 6) is 0.600. The lowest BCUT2D eigenvalue weighted by atomic mass is 9.77. The quantitative estimate of drug-likeness (QED) is 0.857. The molecule has 0 aliphatic rings. The molecule has 0 saturated heterocycles. The second-order valence-corrected chi connectivity index (χ2v) is 8.19. The zero-order chi connectivity index (χ0) is 16.3. The molecule has 1 aromatic heterocycles. The molecule has 3 heteroatoms. The van der Waals surface area contributed by atoms with Crippen LogP contribution in [-0.2, 0) is 19.4 Å². The van der Waals surface area contributed by atoms with Crippen LogP contribution in [0.1, 0.15) is 66.8 Å². The summed E-state index contributed by atoms with van der Waals surface area (Å²) in [4.78, 5) is 0. The number of aromatic nitrogens is 2. The van der Waals surface area contributed by atoms with Crippen molar-refractivity contribution in [3.05, 3.63) is 17.5 Å². The van der Waals surface area contributed by atoms with Gasteiger partial charge in [-0.05, 0) is 64.5 Å². The van der Waals surface area contributed by atoms with Gasteiger partial charge in [0.05, 0.1) is 5.69 Å². The molecule has 21 heavy (non-hydrogen) atoms. The fourth-order valence-corrected chi connectivity index (χ4v) is 2.49. The second-order valence-electron chi connectivity index (χ2n) is 8.19. The first kappa shape index (κ1) is 18.2. The summed E-state index contributed by atoms with van der Waals surface area (Å²) < 4.78 is 2.18. The van der Waals surface area contributed by atoms with Gasteiger partial charge in [0.15, 0.2) is 0 Å². The lowest BCUT2D eigenvalue weighted by Gasteiger charge is -2.34. The molecule has 0 radical (unpaired) electrons. The van der Waals surface area contributed by atoms with Crippen molar-refractivity contribution in [2.75, 3.05) is 6.54 Å². The van der Waals surface area contributed by atoms with Gasteiger partial charge in [0, 0.05) is 17.8 Å². The van der Waals surface area contributed by atoms with Gasteiger partial charge in [-0.25, -0.2) is 0 Å². The third-order valence-corrected chi connectivity index (χ3v) is 4.13. The first-order valence-electron chi connectivity index (χ1n) is 8.37. The summed E-state index contributed by atoms with van der Waals surface area (Å²) in [6.45, 7) is 20.1. The van der Waals surface area contributed by atoms with Gasteiger partial charge in [0.2, 0.25) is 0 Å². The fraction of sp³-hybridized carbons (Fsp3) is 0.833. The summed E-state index contributed by atoms with van der Waals surface area (Å²) in [5, 5.41) is 8.36. The van der Waals surface area contributed by atoms with Crippen LogP contribution >= 0.6 is 0 Å². The minimum absolute atomic E-state index is 0.170. The van der Waals surface area contributed by atoms with E-state index in [0.29, 0.717) is 5.92 Å². The SMILES string of the molecule is CCc1cc(CC(CNC(C)(C)C)C(C)(C)C)n(CC)n1. The average Bonchev–Trinajstić information content (AvgIpc) is 2.74. The Morgan fingerprint density at radius 1 is 1.14 bits per heavy atom. The maximum atomic E-state index is 4.69. The van der Waals surface area contributed by atoms with Crippen molar-refractivity contribution in [1.82, 2.24) is 15.1 Å². The maximum Gasteiger partial charge on any atom is 0.0624 e. The molecule has 1 N–H and O–H groups in total. The molecule has 0 aromatic carbocycles. The molecule has 0 fully saturated rings. The highest BCUT2D eigenvalue weighted by atomic mass is 15.3. The van der Waals surface area contributed by atoms with Gasteiger partial charge in [-0.15, -0.1) is 0 Å². The molecule has 0 spiro atoms. The number of aryl methyl sites for hydroxylation is 2. The number of hydrogen-bond acceptors (Lipinski definition) is 2. The molecule has 1 atom stereocenters. The van der Waals surface area contributed by atoms with Crippen LogP contribution in [-0.4, -0.2) is 21.9 Å². The lowest BCUT2D eigenvalue weighted by Crippen LogP contribution is -2.43. The molecule has 1 unspecified atom stereocenters. The number of hydrogen-bond donors (Lipinski definition) is 1. The van der Waals surface area contributed by atoms with Crippen molar-refractivity contribution >= 4 is 0 Å². The van der Waals surface area contributed by atoms with E-state index in [4.69, 9.17) is 0 Å².